The molecular weight excluding hydrogens is 332 g/mol. The monoisotopic (exact) mass is 352 g/mol. The largest absolute Gasteiger partial charge is 0.365 e. The minimum absolute atomic E-state index is 0.0733. The van der Waals surface area contributed by atoms with Crippen LogP contribution in [0.2, 0.25) is 0 Å². The van der Waals surface area contributed by atoms with Crippen LogP contribution in [0.15, 0.2) is 15.5 Å². The molecule has 0 amide bonds. The Morgan fingerprint density at radius 2 is 2.00 bits per heavy atom. The van der Waals surface area contributed by atoms with Crippen molar-refractivity contribution in [1.82, 2.24) is 15.1 Å². The van der Waals surface area contributed by atoms with E-state index in [-0.39, 0.29) is 5.56 Å². The molecule has 0 radical (unpaired) electrons. The number of hydrogen-bond donors (Lipinski definition) is 1. The van der Waals surface area contributed by atoms with Crippen molar-refractivity contribution in [3.63, 3.8) is 0 Å². The van der Waals surface area contributed by atoms with Gasteiger partial charge in [0.1, 0.15) is 5.69 Å². The molecule has 2 atom stereocenters. The van der Waals surface area contributed by atoms with Crippen molar-refractivity contribution in [3.05, 3.63) is 21.0 Å². The van der Waals surface area contributed by atoms with Crippen molar-refractivity contribution in [2.45, 2.75) is 25.8 Å². The Kier molecular flexibility index (Phi) is 3.53. The Morgan fingerprint density at radius 1 is 1.29 bits per heavy atom. The van der Waals surface area contributed by atoms with Gasteiger partial charge in [0.15, 0.2) is 0 Å². The lowest BCUT2D eigenvalue weighted by Crippen LogP contribution is -2.36. The topological polar surface area (TPSA) is 50.2 Å². The molecule has 1 aromatic rings. The van der Waals surface area contributed by atoms with Crippen molar-refractivity contribution < 1.29 is 0 Å². The molecule has 2 unspecified atom stereocenters. The smallest absolute Gasteiger partial charge is 0.291 e. The SMILES string of the molecule is O=c1c(N2CC3CNCC3C2)c(Br)cnn1CC1CCC1. The van der Waals surface area contributed by atoms with E-state index in [1.165, 1.54) is 19.3 Å². The van der Waals surface area contributed by atoms with Gasteiger partial charge in [-0.05, 0) is 46.5 Å². The fourth-order valence-corrected chi connectivity index (χ4v) is 4.34. The number of anilines is 1. The summed E-state index contributed by atoms with van der Waals surface area (Å²) in [7, 11) is 0. The van der Waals surface area contributed by atoms with Crippen LogP contribution >= 0.6 is 15.9 Å². The molecule has 1 aromatic heterocycles. The third kappa shape index (κ3) is 2.42. The van der Waals surface area contributed by atoms with Gasteiger partial charge in [-0.3, -0.25) is 4.79 Å². The summed E-state index contributed by atoms with van der Waals surface area (Å²) in [6.07, 6.45) is 5.56. The van der Waals surface area contributed by atoms with Crippen molar-refractivity contribution in [2.24, 2.45) is 17.8 Å². The molecule has 114 valence electrons. The van der Waals surface area contributed by atoms with Crippen LogP contribution in [0.3, 0.4) is 0 Å². The van der Waals surface area contributed by atoms with E-state index in [0.717, 1.165) is 42.9 Å². The van der Waals surface area contributed by atoms with Gasteiger partial charge < -0.3 is 10.2 Å². The van der Waals surface area contributed by atoms with E-state index < -0.39 is 0 Å². The average molecular weight is 353 g/mol. The predicted octanol–water partition coefficient (Wildman–Crippen LogP) is 1.46. The predicted molar refractivity (Wildman–Crippen MR) is 85.6 cm³/mol. The summed E-state index contributed by atoms with van der Waals surface area (Å²) in [5, 5.41) is 7.77. The third-order valence-corrected chi connectivity index (χ3v) is 5.92. The standard InChI is InChI=1S/C15H21BrN4O/c16-13-6-18-20(7-10-2-1-3-10)15(21)14(13)19-8-11-4-17-5-12(11)9-19/h6,10-12,17H,1-5,7-9H2. The summed E-state index contributed by atoms with van der Waals surface area (Å²) in [4.78, 5) is 15.1. The minimum atomic E-state index is 0.0733. The molecule has 21 heavy (non-hydrogen) atoms. The van der Waals surface area contributed by atoms with Gasteiger partial charge in [-0.2, -0.15) is 5.10 Å². The summed E-state index contributed by atoms with van der Waals surface area (Å²) in [5.74, 6) is 2.01. The molecule has 4 rings (SSSR count). The van der Waals surface area contributed by atoms with Crippen LogP contribution in [-0.4, -0.2) is 36.0 Å². The van der Waals surface area contributed by atoms with Gasteiger partial charge in [0.25, 0.3) is 5.56 Å². The summed E-state index contributed by atoms with van der Waals surface area (Å²) in [6.45, 7) is 4.92. The Labute approximate surface area is 132 Å². The maximum Gasteiger partial charge on any atom is 0.291 e. The van der Waals surface area contributed by atoms with E-state index in [1.807, 2.05) is 0 Å². The molecule has 2 saturated heterocycles. The molecule has 0 spiro atoms. The van der Waals surface area contributed by atoms with Crippen molar-refractivity contribution in [3.8, 4) is 0 Å². The number of rotatable bonds is 3. The lowest BCUT2D eigenvalue weighted by Gasteiger charge is -2.26. The minimum Gasteiger partial charge on any atom is -0.365 e. The molecule has 2 aliphatic heterocycles. The van der Waals surface area contributed by atoms with Gasteiger partial charge in [-0.25, -0.2) is 4.68 Å². The first-order valence-corrected chi connectivity index (χ1v) is 8.73. The van der Waals surface area contributed by atoms with E-state index in [9.17, 15) is 4.79 Å². The first-order valence-electron chi connectivity index (χ1n) is 7.93. The zero-order valence-corrected chi connectivity index (χ0v) is 13.7. The van der Waals surface area contributed by atoms with Gasteiger partial charge in [0.05, 0.1) is 10.7 Å². The molecule has 5 nitrogen and oxygen atoms in total. The number of nitrogens with one attached hydrogen (secondary N) is 1. The van der Waals surface area contributed by atoms with Crippen LogP contribution in [0, 0.1) is 17.8 Å². The highest BCUT2D eigenvalue weighted by Gasteiger charge is 2.37. The van der Waals surface area contributed by atoms with E-state index in [1.54, 1.807) is 10.9 Å². The van der Waals surface area contributed by atoms with Crippen molar-refractivity contribution in [1.29, 1.82) is 0 Å². The van der Waals surface area contributed by atoms with Gasteiger partial charge in [-0.15, -0.1) is 0 Å². The number of hydrogen-bond acceptors (Lipinski definition) is 4. The van der Waals surface area contributed by atoms with Crippen molar-refractivity contribution >= 4 is 21.6 Å². The summed E-state index contributed by atoms with van der Waals surface area (Å²) < 4.78 is 2.52. The third-order valence-electron chi connectivity index (χ3n) is 5.34. The summed E-state index contributed by atoms with van der Waals surface area (Å²) in [6, 6.07) is 0. The molecule has 0 bridgehead atoms. The van der Waals surface area contributed by atoms with E-state index in [4.69, 9.17) is 0 Å². The summed E-state index contributed by atoms with van der Waals surface area (Å²) >= 11 is 3.54. The normalized spacial score (nSPS) is 28.7. The van der Waals surface area contributed by atoms with Gasteiger partial charge >= 0.3 is 0 Å². The van der Waals surface area contributed by atoms with E-state index in [0.29, 0.717) is 17.8 Å². The maximum atomic E-state index is 12.8. The van der Waals surface area contributed by atoms with Crippen LogP contribution in [0.4, 0.5) is 5.69 Å². The zero-order valence-electron chi connectivity index (χ0n) is 12.1. The highest BCUT2D eigenvalue weighted by atomic mass is 79.9. The molecule has 0 aromatic carbocycles. The molecule has 3 fully saturated rings. The molecule has 6 heteroatoms. The highest BCUT2D eigenvalue weighted by molar-refractivity contribution is 9.10. The van der Waals surface area contributed by atoms with Gasteiger partial charge in [0.2, 0.25) is 0 Å². The molecule has 3 heterocycles. The van der Waals surface area contributed by atoms with Crippen molar-refractivity contribution in [2.75, 3.05) is 31.1 Å². The molecule has 1 N–H and O–H groups in total. The van der Waals surface area contributed by atoms with E-state index in [2.05, 4.69) is 31.2 Å². The number of nitrogens with zero attached hydrogens (tertiary/aromatic N) is 3. The Morgan fingerprint density at radius 3 is 2.62 bits per heavy atom. The van der Waals surface area contributed by atoms with Crippen LogP contribution in [0.1, 0.15) is 19.3 Å². The number of aromatic nitrogens is 2. The van der Waals surface area contributed by atoms with Crippen LogP contribution in [0.25, 0.3) is 0 Å². The maximum absolute atomic E-state index is 12.8. The Balaban J connectivity index is 1.61. The van der Waals surface area contributed by atoms with Gasteiger partial charge in [-0.1, -0.05) is 6.42 Å². The molecular formula is C15H21BrN4O. The van der Waals surface area contributed by atoms with Gasteiger partial charge in [0, 0.05) is 32.7 Å². The Hall–Kier alpha value is -0.880. The van der Waals surface area contributed by atoms with Crippen LogP contribution in [-0.2, 0) is 6.54 Å². The second-order valence-electron chi connectivity index (χ2n) is 6.71. The first-order chi connectivity index (χ1) is 10.2. The van der Waals surface area contributed by atoms with Crippen LogP contribution in [0.5, 0.6) is 0 Å². The molecule has 3 aliphatic rings. The first kappa shape index (κ1) is 13.8. The fraction of sp³-hybridized carbons (Fsp3) is 0.733. The summed E-state index contributed by atoms with van der Waals surface area (Å²) in [5.41, 5.74) is 0.892. The molecule has 1 aliphatic carbocycles. The molecule has 1 saturated carbocycles. The fourth-order valence-electron chi connectivity index (χ4n) is 3.83. The average Bonchev–Trinajstić information content (AvgIpc) is 2.97. The van der Waals surface area contributed by atoms with Crippen LogP contribution < -0.4 is 15.8 Å². The number of halogens is 1. The Bertz CT molecular complexity index is 586. The van der Waals surface area contributed by atoms with E-state index >= 15 is 0 Å². The lowest BCUT2D eigenvalue weighted by molar-refractivity contribution is 0.261. The lowest BCUT2D eigenvalue weighted by atomic mass is 9.85. The zero-order chi connectivity index (χ0) is 14.4. The second-order valence-corrected chi connectivity index (χ2v) is 7.56. The highest BCUT2D eigenvalue weighted by Crippen LogP contribution is 2.32. The quantitative estimate of drug-likeness (QED) is 0.894. The number of fused-ring (bicyclic) bond motifs is 1. The second kappa shape index (κ2) is 5.39.